The smallest absolute Gasteiger partial charge is 0.260 e. The summed E-state index contributed by atoms with van der Waals surface area (Å²) in [5.74, 6) is 0. The highest BCUT2D eigenvalue weighted by molar-refractivity contribution is 7.89. The first-order valence-electron chi connectivity index (χ1n) is 7.75. The standard InChI is InChI=1S/C17H19NO5S2/c1-13-3-7-16(8-4-13)24(19,20)18-11-15(12-18)23-25(21,22)17-9-5-14(2)6-10-17/h3-10,15H,11-12H2,1-2H3. The highest BCUT2D eigenvalue weighted by Crippen LogP contribution is 2.26. The third-order valence-electron chi connectivity index (χ3n) is 4.05. The molecule has 0 N–H and O–H groups in total. The molecule has 0 spiro atoms. The van der Waals surface area contributed by atoms with Gasteiger partial charge in [-0.05, 0) is 38.1 Å². The molecule has 134 valence electrons. The number of rotatable bonds is 5. The molecule has 2 aromatic rings. The van der Waals surface area contributed by atoms with Crippen molar-refractivity contribution in [3.8, 4) is 0 Å². The van der Waals surface area contributed by atoms with Crippen LogP contribution in [0.2, 0.25) is 0 Å². The molecule has 0 radical (unpaired) electrons. The monoisotopic (exact) mass is 381 g/mol. The summed E-state index contributed by atoms with van der Waals surface area (Å²) in [6.07, 6.45) is -0.675. The lowest BCUT2D eigenvalue weighted by Gasteiger charge is -2.36. The first-order chi connectivity index (χ1) is 11.7. The zero-order chi connectivity index (χ0) is 18.2. The number of hydrogen-bond donors (Lipinski definition) is 0. The Balaban J connectivity index is 1.66. The zero-order valence-corrected chi connectivity index (χ0v) is 15.5. The van der Waals surface area contributed by atoms with E-state index < -0.39 is 26.2 Å². The van der Waals surface area contributed by atoms with Crippen molar-refractivity contribution in [1.82, 2.24) is 4.31 Å². The summed E-state index contributed by atoms with van der Waals surface area (Å²) in [7, 11) is -7.52. The van der Waals surface area contributed by atoms with Gasteiger partial charge < -0.3 is 0 Å². The van der Waals surface area contributed by atoms with Crippen LogP contribution in [0, 0.1) is 13.8 Å². The lowest BCUT2D eigenvalue weighted by atomic mass is 10.2. The molecule has 25 heavy (non-hydrogen) atoms. The molecule has 1 fully saturated rings. The molecule has 0 atom stereocenters. The van der Waals surface area contributed by atoms with E-state index in [4.69, 9.17) is 4.18 Å². The van der Waals surface area contributed by atoms with Gasteiger partial charge >= 0.3 is 0 Å². The largest absolute Gasteiger partial charge is 0.297 e. The van der Waals surface area contributed by atoms with Gasteiger partial charge in [-0.25, -0.2) is 8.42 Å². The first-order valence-corrected chi connectivity index (χ1v) is 10.6. The Hall–Kier alpha value is -1.74. The van der Waals surface area contributed by atoms with Crippen molar-refractivity contribution in [3.05, 3.63) is 59.7 Å². The van der Waals surface area contributed by atoms with Crippen molar-refractivity contribution in [2.24, 2.45) is 0 Å². The number of aryl methyl sites for hydroxylation is 2. The van der Waals surface area contributed by atoms with Crippen molar-refractivity contribution in [2.45, 2.75) is 29.7 Å². The Morgan fingerprint density at radius 1 is 0.800 bits per heavy atom. The molecule has 1 aliphatic heterocycles. The molecule has 2 aromatic carbocycles. The number of nitrogens with zero attached hydrogens (tertiary/aromatic N) is 1. The van der Waals surface area contributed by atoms with Gasteiger partial charge in [0.25, 0.3) is 10.1 Å². The Morgan fingerprint density at radius 3 is 1.72 bits per heavy atom. The predicted octanol–water partition coefficient (Wildman–Crippen LogP) is 2.08. The Morgan fingerprint density at radius 2 is 1.24 bits per heavy atom. The fraction of sp³-hybridized carbons (Fsp3) is 0.294. The SMILES string of the molecule is Cc1ccc(S(=O)(=O)OC2CN(S(=O)(=O)c3ccc(C)cc3)C2)cc1. The molecule has 1 heterocycles. The van der Waals surface area contributed by atoms with Gasteiger partial charge in [0.2, 0.25) is 10.0 Å². The van der Waals surface area contributed by atoms with Crippen LogP contribution in [-0.2, 0) is 24.3 Å². The van der Waals surface area contributed by atoms with E-state index in [2.05, 4.69) is 0 Å². The van der Waals surface area contributed by atoms with E-state index in [9.17, 15) is 16.8 Å². The molecular weight excluding hydrogens is 362 g/mol. The average molecular weight is 381 g/mol. The second-order valence-electron chi connectivity index (χ2n) is 6.12. The fourth-order valence-electron chi connectivity index (χ4n) is 2.46. The Kier molecular flexibility index (Phi) is 4.72. The van der Waals surface area contributed by atoms with Gasteiger partial charge in [-0.1, -0.05) is 35.4 Å². The molecule has 3 rings (SSSR count). The van der Waals surface area contributed by atoms with Crippen molar-refractivity contribution in [2.75, 3.05) is 13.1 Å². The topological polar surface area (TPSA) is 80.8 Å². The molecule has 6 nitrogen and oxygen atoms in total. The second kappa shape index (κ2) is 6.53. The first kappa shape index (κ1) is 18.1. The molecule has 8 heteroatoms. The van der Waals surface area contributed by atoms with Crippen molar-refractivity contribution in [3.63, 3.8) is 0 Å². The lowest BCUT2D eigenvalue weighted by molar-refractivity contribution is 0.0820. The van der Waals surface area contributed by atoms with Crippen molar-refractivity contribution in [1.29, 1.82) is 0 Å². The van der Waals surface area contributed by atoms with E-state index in [-0.39, 0.29) is 22.9 Å². The van der Waals surface area contributed by atoms with Crippen LogP contribution >= 0.6 is 0 Å². The molecule has 0 amide bonds. The van der Waals surface area contributed by atoms with Crippen LogP contribution in [0.25, 0.3) is 0 Å². The van der Waals surface area contributed by atoms with Crippen LogP contribution in [0.4, 0.5) is 0 Å². The summed E-state index contributed by atoms with van der Waals surface area (Å²) in [5.41, 5.74) is 1.91. The van der Waals surface area contributed by atoms with Crippen LogP contribution in [0.15, 0.2) is 58.3 Å². The molecule has 0 aromatic heterocycles. The minimum Gasteiger partial charge on any atom is -0.260 e. The van der Waals surface area contributed by atoms with Crippen LogP contribution in [0.1, 0.15) is 11.1 Å². The van der Waals surface area contributed by atoms with E-state index in [0.29, 0.717) is 0 Å². The molecule has 1 saturated heterocycles. The highest BCUT2D eigenvalue weighted by Gasteiger charge is 2.40. The van der Waals surface area contributed by atoms with Gasteiger partial charge in [-0.3, -0.25) is 4.18 Å². The third kappa shape index (κ3) is 3.77. The second-order valence-corrected chi connectivity index (χ2v) is 9.63. The number of sulfonamides is 1. The maximum Gasteiger partial charge on any atom is 0.297 e. The van der Waals surface area contributed by atoms with Gasteiger partial charge in [0.1, 0.15) is 6.10 Å². The minimum absolute atomic E-state index is 0.0152. The summed E-state index contributed by atoms with van der Waals surface area (Å²) in [6.45, 7) is 3.76. The van der Waals surface area contributed by atoms with Gasteiger partial charge in [0.15, 0.2) is 0 Å². The van der Waals surface area contributed by atoms with Gasteiger partial charge in [0, 0.05) is 13.1 Å². The van der Waals surface area contributed by atoms with Crippen LogP contribution in [0.5, 0.6) is 0 Å². The molecule has 0 aliphatic carbocycles. The lowest BCUT2D eigenvalue weighted by Crippen LogP contribution is -2.55. The quantitative estimate of drug-likeness (QED) is 0.741. The summed E-state index contributed by atoms with van der Waals surface area (Å²) >= 11 is 0. The number of benzene rings is 2. The fourth-order valence-corrected chi connectivity index (χ4v) is 5.02. The zero-order valence-electron chi connectivity index (χ0n) is 13.9. The number of hydrogen-bond acceptors (Lipinski definition) is 5. The predicted molar refractivity (Wildman–Crippen MR) is 93.2 cm³/mol. The average Bonchev–Trinajstić information content (AvgIpc) is 2.51. The summed E-state index contributed by atoms with van der Waals surface area (Å²) in [4.78, 5) is 0.260. The maximum atomic E-state index is 12.5. The van der Waals surface area contributed by atoms with E-state index in [1.807, 2.05) is 13.8 Å². The van der Waals surface area contributed by atoms with Gasteiger partial charge in [-0.15, -0.1) is 0 Å². The van der Waals surface area contributed by atoms with E-state index >= 15 is 0 Å². The Labute approximate surface area is 148 Å². The minimum atomic E-state index is -3.90. The summed E-state index contributed by atoms with van der Waals surface area (Å²) in [6, 6.07) is 12.9. The normalized spacial score (nSPS) is 16.6. The molecule has 0 saturated carbocycles. The van der Waals surface area contributed by atoms with Gasteiger partial charge in [-0.2, -0.15) is 12.7 Å². The molecule has 1 aliphatic rings. The van der Waals surface area contributed by atoms with Crippen molar-refractivity contribution >= 4 is 20.1 Å². The Bertz CT molecular complexity index is 959. The molecule has 0 bridgehead atoms. The van der Waals surface area contributed by atoms with Crippen LogP contribution in [-0.4, -0.2) is 40.3 Å². The van der Waals surface area contributed by atoms with Crippen LogP contribution in [0.3, 0.4) is 0 Å². The van der Waals surface area contributed by atoms with Crippen LogP contribution < -0.4 is 0 Å². The maximum absolute atomic E-state index is 12.5. The van der Waals surface area contributed by atoms with E-state index in [1.165, 1.54) is 16.4 Å². The summed E-state index contributed by atoms with van der Waals surface area (Å²) < 4.78 is 55.7. The summed E-state index contributed by atoms with van der Waals surface area (Å²) in [5, 5.41) is 0. The van der Waals surface area contributed by atoms with Crippen molar-refractivity contribution < 1.29 is 21.0 Å². The highest BCUT2D eigenvalue weighted by atomic mass is 32.2. The third-order valence-corrected chi connectivity index (χ3v) is 7.27. The van der Waals surface area contributed by atoms with E-state index in [0.717, 1.165) is 11.1 Å². The molecule has 0 unspecified atom stereocenters. The van der Waals surface area contributed by atoms with E-state index in [1.54, 1.807) is 36.4 Å². The van der Waals surface area contributed by atoms with Gasteiger partial charge in [0.05, 0.1) is 9.79 Å². The molecular formula is C17H19NO5S2.